The van der Waals surface area contributed by atoms with Crippen LogP contribution in [0.3, 0.4) is 0 Å². The van der Waals surface area contributed by atoms with E-state index in [0.29, 0.717) is 6.42 Å². The minimum absolute atomic E-state index is 0.211. The Hall–Kier alpha value is -0.890. The van der Waals surface area contributed by atoms with E-state index in [9.17, 15) is 4.79 Å². The zero-order valence-electron chi connectivity index (χ0n) is 9.78. The maximum absolute atomic E-state index is 10.6. The van der Waals surface area contributed by atoms with Crippen molar-refractivity contribution in [3.63, 3.8) is 0 Å². The Bertz CT molecular complexity index is 215. The first-order valence-electron chi connectivity index (χ1n) is 5.60. The summed E-state index contributed by atoms with van der Waals surface area (Å²) in [6.45, 7) is 3.39. The normalized spacial score (nSPS) is 13.8. The average molecular weight is 210 g/mol. The molecular formula is C13H22O2. The molecule has 0 fully saturated rings. The highest BCUT2D eigenvalue weighted by Gasteiger charge is 1.88. The van der Waals surface area contributed by atoms with Gasteiger partial charge >= 0.3 is 0 Å². The molecule has 0 radical (unpaired) electrons. The molecule has 0 saturated heterocycles. The molecule has 0 amide bonds. The first-order valence-corrected chi connectivity index (χ1v) is 5.60. The molecule has 2 heteroatoms. The van der Waals surface area contributed by atoms with Gasteiger partial charge in [0.1, 0.15) is 5.78 Å². The highest BCUT2D eigenvalue weighted by atomic mass is 16.3. The molecule has 0 spiro atoms. The van der Waals surface area contributed by atoms with Crippen LogP contribution in [-0.4, -0.2) is 17.0 Å². The van der Waals surface area contributed by atoms with E-state index in [1.165, 1.54) is 0 Å². The number of allylic oxidation sites excluding steroid dienone is 3. The molecule has 0 aliphatic heterocycles. The van der Waals surface area contributed by atoms with Crippen LogP contribution >= 0.6 is 0 Å². The molecule has 86 valence electrons. The maximum atomic E-state index is 10.6. The Morgan fingerprint density at radius 3 is 2.33 bits per heavy atom. The van der Waals surface area contributed by atoms with Gasteiger partial charge in [0.05, 0.1) is 6.10 Å². The van der Waals surface area contributed by atoms with E-state index < -0.39 is 0 Å². The van der Waals surface area contributed by atoms with Gasteiger partial charge in [0.15, 0.2) is 0 Å². The van der Waals surface area contributed by atoms with Crippen molar-refractivity contribution in [2.24, 2.45) is 0 Å². The number of ketones is 1. The van der Waals surface area contributed by atoms with E-state index in [0.717, 1.165) is 25.7 Å². The zero-order valence-corrected chi connectivity index (χ0v) is 9.78. The third-order valence-corrected chi connectivity index (χ3v) is 1.96. The Kier molecular flexibility index (Phi) is 9.08. The first-order chi connectivity index (χ1) is 7.13. The van der Waals surface area contributed by atoms with Crippen LogP contribution in [0.5, 0.6) is 0 Å². The van der Waals surface area contributed by atoms with Crippen molar-refractivity contribution in [3.8, 4) is 0 Å². The molecule has 0 bridgehead atoms. The van der Waals surface area contributed by atoms with Crippen molar-refractivity contribution < 1.29 is 9.90 Å². The van der Waals surface area contributed by atoms with Gasteiger partial charge in [-0.1, -0.05) is 24.3 Å². The van der Waals surface area contributed by atoms with Gasteiger partial charge < -0.3 is 5.11 Å². The maximum Gasteiger partial charge on any atom is 0.133 e. The topological polar surface area (TPSA) is 37.3 Å². The molecule has 0 aliphatic rings. The summed E-state index contributed by atoms with van der Waals surface area (Å²) >= 11 is 0. The molecule has 0 aromatic rings. The van der Waals surface area contributed by atoms with Crippen molar-refractivity contribution in [2.45, 2.75) is 52.1 Å². The zero-order chi connectivity index (χ0) is 11.5. The fraction of sp³-hybridized carbons (Fsp3) is 0.615. The number of rotatable bonds is 8. The minimum atomic E-state index is -0.239. The van der Waals surface area contributed by atoms with Gasteiger partial charge in [-0.25, -0.2) is 0 Å². The number of hydrogen-bond acceptors (Lipinski definition) is 2. The quantitative estimate of drug-likeness (QED) is 0.494. The lowest BCUT2D eigenvalue weighted by atomic mass is 10.2. The van der Waals surface area contributed by atoms with Crippen LogP contribution in [-0.2, 0) is 4.79 Å². The van der Waals surface area contributed by atoms with Gasteiger partial charge in [0, 0.05) is 6.42 Å². The predicted molar refractivity (Wildman–Crippen MR) is 63.7 cm³/mol. The predicted octanol–water partition coefficient (Wildman–Crippen LogP) is 3.02. The van der Waals surface area contributed by atoms with E-state index in [2.05, 4.69) is 12.2 Å². The molecule has 0 aliphatic carbocycles. The van der Waals surface area contributed by atoms with Crippen molar-refractivity contribution in [1.82, 2.24) is 0 Å². The molecule has 0 saturated carbocycles. The SMILES string of the molecule is CC(=O)C/C=C/CCC/C=C/CC(C)O. The molecule has 1 N–H and O–H groups in total. The summed E-state index contributed by atoms with van der Waals surface area (Å²) in [6.07, 6.45) is 12.3. The summed E-state index contributed by atoms with van der Waals surface area (Å²) in [5.74, 6) is 0.211. The highest BCUT2D eigenvalue weighted by Crippen LogP contribution is 2.00. The van der Waals surface area contributed by atoms with Crippen molar-refractivity contribution in [2.75, 3.05) is 0 Å². The monoisotopic (exact) mass is 210 g/mol. The highest BCUT2D eigenvalue weighted by molar-refractivity contribution is 5.76. The Labute approximate surface area is 92.7 Å². The van der Waals surface area contributed by atoms with Crippen LogP contribution in [0, 0.1) is 0 Å². The van der Waals surface area contributed by atoms with E-state index >= 15 is 0 Å². The summed E-state index contributed by atoms with van der Waals surface area (Å²) in [5, 5.41) is 8.98. The molecule has 0 heterocycles. The molecule has 0 rings (SSSR count). The van der Waals surface area contributed by atoms with Crippen LogP contribution in [0.4, 0.5) is 0 Å². The number of aliphatic hydroxyl groups is 1. The van der Waals surface area contributed by atoms with Gasteiger partial charge in [-0.2, -0.15) is 0 Å². The van der Waals surface area contributed by atoms with Gasteiger partial charge in [-0.15, -0.1) is 0 Å². The van der Waals surface area contributed by atoms with Crippen LogP contribution in [0.15, 0.2) is 24.3 Å². The summed E-state index contributed by atoms with van der Waals surface area (Å²) in [6, 6.07) is 0. The molecule has 0 aromatic heterocycles. The van der Waals surface area contributed by atoms with E-state index in [-0.39, 0.29) is 11.9 Å². The van der Waals surface area contributed by atoms with Crippen LogP contribution in [0.2, 0.25) is 0 Å². The van der Waals surface area contributed by atoms with Crippen LogP contribution in [0.1, 0.15) is 46.0 Å². The molecule has 0 aromatic carbocycles. The number of unbranched alkanes of at least 4 members (excludes halogenated alkanes) is 2. The minimum Gasteiger partial charge on any atom is -0.393 e. The lowest BCUT2D eigenvalue weighted by molar-refractivity contribution is -0.116. The average Bonchev–Trinajstić information content (AvgIpc) is 2.14. The third-order valence-electron chi connectivity index (χ3n) is 1.96. The lowest BCUT2D eigenvalue weighted by Gasteiger charge is -1.96. The first kappa shape index (κ1) is 14.1. The Morgan fingerprint density at radius 2 is 1.80 bits per heavy atom. The fourth-order valence-electron chi connectivity index (χ4n) is 1.13. The Balaban J connectivity index is 3.28. The number of carbonyl (C=O) groups is 1. The second-order valence-corrected chi connectivity index (χ2v) is 3.86. The second kappa shape index (κ2) is 9.66. The van der Waals surface area contributed by atoms with Crippen molar-refractivity contribution in [3.05, 3.63) is 24.3 Å². The van der Waals surface area contributed by atoms with Gasteiger partial charge in [0.2, 0.25) is 0 Å². The third kappa shape index (κ3) is 13.1. The Morgan fingerprint density at radius 1 is 1.20 bits per heavy atom. The summed E-state index contributed by atoms with van der Waals surface area (Å²) in [5.41, 5.74) is 0. The van der Waals surface area contributed by atoms with Crippen molar-refractivity contribution in [1.29, 1.82) is 0 Å². The van der Waals surface area contributed by atoms with E-state index in [1.54, 1.807) is 13.8 Å². The van der Waals surface area contributed by atoms with Crippen LogP contribution in [0.25, 0.3) is 0 Å². The van der Waals surface area contributed by atoms with Crippen molar-refractivity contribution >= 4 is 5.78 Å². The van der Waals surface area contributed by atoms with E-state index in [1.807, 2.05) is 12.2 Å². The second-order valence-electron chi connectivity index (χ2n) is 3.86. The molecule has 1 unspecified atom stereocenters. The van der Waals surface area contributed by atoms with Gasteiger partial charge in [0.25, 0.3) is 0 Å². The lowest BCUT2D eigenvalue weighted by Crippen LogP contribution is -1.95. The fourth-order valence-corrected chi connectivity index (χ4v) is 1.13. The van der Waals surface area contributed by atoms with Gasteiger partial charge in [-0.3, -0.25) is 4.79 Å². The summed E-state index contributed by atoms with van der Waals surface area (Å²) in [7, 11) is 0. The molecular weight excluding hydrogens is 188 g/mol. The number of Topliss-reactive ketones (excluding diaryl/α,β-unsaturated/α-hetero) is 1. The van der Waals surface area contributed by atoms with Crippen LogP contribution < -0.4 is 0 Å². The largest absolute Gasteiger partial charge is 0.393 e. The van der Waals surface area contributed by atoms with Gasteiger partial charge in [-0.05, 0) is 39.5 Å². The molecule has 1 atom stereocenters. The number of aliphatic hydroxyl groups excluding tert-OH is 1. The molecule has 15 heavy (non-hydrogen) atoms. The number of hydrogen-bond donors (Lipinski definition) is 1. The standard InChI is InChI=1S/C13H22O2/c1-12(14)10-8-6-4-3-5-7-9-11-13(2)15/h6-9,12,14H,3-5,10-11H2,1-2H3/b8-6+,9-7+. The van der Waals surface area contributed by atoms with E-state index in [4.69, 9.17) is 5.11 Å². The smallest absolute Gasteiger partial charge is 0.133 e. The number of carbonyl (C=O) groups excluding carboxylic acids is 1. The summed E-state index contributed by atoms with van der Waals surface area (Å²) in [4.78, 5) is 10.6. The summed E-state index contributed by atoms with van der Waals surface area (Å²) < 4.78 is 0. The molecule has 2 nitrogen and oxygen atoms in total.